The number of nitriles is 1. The van der Waals surface area contributed by atoms with Crippen molar-refractivity contribution in [3.63, 3.8) is 0 Å². The third kappa shape index (κ3) is 5.03. The molecule has 0 atom stereocenters. The van der Waals surface area contributed by atoms with E-state index in [2.05, 4.69) is 10.2 Å². The van der Waals surface area contributed by atoms with Crippen LogP contribution in [-0.2, 0) is 19.1 Å². The van der Waals surface area contributed by atoms with E-state index in [-0.39, 0.29) is 17.0 Å². The van der Waals surface area contributed by atoms with Crippen LogP contribution in [0, 0.1) is 11.3 Å². The number of fused-ring (bicyclic) bond motifs is 1. The minimum Gasteiger partial charge on any atom is -0.368 e. The fraction of sp³-hybridized carbons (Fsp3) is 0.381. The smallest absolute Gasteiger partial charge is 0.368 e. The minimum atomic E-state index is -4.45. The van der Waals surface area contributed by atoms with E-state index in [1.807, 2.05) is 15.9 Å². The van der Waals surface area contributed by atoms with E-state index in [1.54, 1.807) is 12.1 Å². The second-order valence-electron chi connectivity index (χ2n) is 7.75. The van der Waals surface area contributed by atoms with E-state index < -0.39 is 24.3 Å². The van der Waals surface area contributed by atoms with Crippen LogP contribution in [0.15, 0.2) is 36.5 Å². The Morgan fingerprint density at radius 2 is 1.70 bits per heavy atom. The Balaban J connectivity index is 1.48. The summed E-state index contributed by atoms with van der Waals surface area (Å²) in [5.41, 5.74) is 0.585. The number of alkyl halides is 6. The van der Waals surface area contributed by atoms with Crippen LogP contribution in [0.4, 0.5) is 32.0 Å². The average Bonchev–Trinajstić information content (AvgIpc) is 3.14. The number of nitrogens with zero attached hydrogens (tertiary/aromatic N) is 6. The predicted molar refractivity (Wildman–Crippen MR) is 106 cm³/mol. The standard InChI is InChI=1S/C21H18F6N6/c22-20(23,24)11-18-29-30-19-16(12-28)17(4-5-33(18)19)32-8-6-31(7-9-32)13-14-2-1-3-15(10-14)21(25,26)27/h1-5,10H,6-9,11,13H2. The van der Waals surface area contributed by atoms with Crippen LogP contribution in [0.2, 0.25) is 0 Å². The van der Waals surface area contributed by atoms with Crippen LogP contribution in [0.1, 0.15) is 22.5 Å². The fourth-order valence-electron chi connectivity index (χ4n) is 3.92. The lowest BCUT2D eigenvalue weighted by Gasteiger charge is -2.36. The molecule has 0 bridgehead atoms. The van der Waals surface area contributed by atoms with E-state index in [0.717, 1.165) is 12.1 Å². The molecule has 3 heterocycles. The maximum Gasteiger partial charge on any atom is 0.416 e. The normalized spacial score (nSPS) is 15.7. The van der Waals surface area contributed by atoms with Gasteiger partial charge in [-0.2, -0.15) is 31.6 Å². The van der Waals surface area contributed by atoms with Gasteiger partial charge in [0.2, 0.25) is 0 Å². The molecule has 4 rings (SSSR count). The van der Waals surface area contributed by atoms with Gasteiger partial charge in [0.05, 0.1) is 11.3 Å². The molecule has 1 aliphatic rings. The number of anilines is 1. The van der Waals surface area contributed by atoms with Gasteiger partial charge < -0.3 is 4.90 Å². The molecular formula is C21H18F6N6. The van der Waals surface area contributed by atoms with Crippen molar-refractivity contribution in [2.45, 2.75) is 25.3 Å². The third-order valence-corrected chi connectivity index (χ3v) is 5.47. The molecule has 0 amide bonds. The quantitative estimate of drug-likeness (QED) is 0.541. The van der Waals surface area contributed by atoms with Gasteiger partial charge in [0.25, 0.3) is 0 Å². The second-order valence-corrected chi connectivity index (χ2v) is 7.75. The van der Waals surface area contributed by atoms with E-state index in [9.17, 15) is 31.6 Å². The summed E-state index contributed by atoms with van der Waals surface area (Å²) in [6.07, 6.45) is -8.69. The summed E-state index contributed by atoms with van der Waals surface area (Å²) in [7, 11) is 0. The average molecular weight is 468 g/mol. The lowest BCUT2D eigenvalue weighted by atomic mass is 10.1. The summed E-state index contributed by atoms with van der Waals surface area (Å²) < 4.78 is 78.3. The molecule has 33 heavy (non-hydrogen) atoms. The molecule has 0 aliphatic carbocycles. The topological polar surface area (TPSA) is 60.5 Å². The van der Waals surface area contributed by atoms with Crippen molar-refractivity contribution < 1.29 is 26.3 Å². The molecule has 0 unspecified atom stereocenters. The van der Waals surface area contributed by atoms with Crippen molar-refractivity contribution in [3.8, 4) is 6.07 Å². The van der Waals surface area contributed by atoms with Gasteiger partial charge in [-0.15, -0.1) is 10.2 Å². The van der Waals surface area contributed by atoms with Crippen molar-refractivity contribution in [3.05, 3.63) is 59.0 Å². The van der Waals surface area contributed by atoms with Crippen LogP contribution in [0.25, 0.3) is 5.65 Å². The Hall–Kier alpha value is -3.33. The number of benzene rings is 1. The zero-order chi connectivity index (χ0) is 23.8. The molecule has 6 nitrogen and oxygen atoms in total. The van der Waals surface area contributed by atoms with Gasteiger partial charge in [0.15, 0.2) is 5.65 Å². The van der Waals surface area contributed by atoms with Crippen LogP contribution >= 0.6 is 0 Å². The molecule has 174 valence electrons. The summed E-state index contributed by atoms with van der Waals surface area (Å²) in [5.74, 6) is -0.300. The first-order valence-corrected chi connectivity index (χ1v) is 10.0. The highest BCUT2D eigenvalue weighted by Gasteiger charge is 2.32. The van der Waals surface area contributed by atoms with Gasteiger partial charge in [0.1, 0.15) is 23.9 Å². The van der Waals surface area contributed by atoms with Crippen molar-refractivity contribution >= 4 is 11.3 Å². The Labute approximate surface area is 184 Å². The second kappa shape index (κ2) is 8.55. The molecule has 12 heteroatoms. The number of hydrogen-bond acceptors (Lipinski definition) is 5. The van der Waals surface area contributed by atoms with Crippen molar-refractivity contribution in [2.24, 2.45) is 0 Å². The summed E-state index contributed by atoms with van der Waals surface area (Å²) >= 11 is 0. The van der Waals surface area contributed by atoms with Gasteiger partial charge >= 0.3 is 12.4 Å². The summed E-state index contributed by atoms with van der Waals surface area (Å²) in [6, 6.07) is 8.78. The summed E-state index contributed by atoms with van der Waals surface area (Å²) in [5, 5.41) is 17.0. The van der Waals surface area contributed by atoms with Crippen molar-refractivity contribution in [1.82, 2.24) is 19.5 Å². The predicted octanol–water partition coefficient (Wildman–Crippen LogP) is 4.05. The molecule has 1 fully saturated rings. The zero-order valence-corrected chi connectivity index (χ0v) is 17.2. The first kappa shape index (κ1) is 22.8. The van der Waals surface area contributed by atoms with Crippen molar-refractivity contribution in [1.29, 1.82) is 5.26 Å². The Morgan fingerprint density at radius 1 is 0.970 bits per heavy atom. The lowest BCUT2D eigenvalue weighted by Crippen LogP contribution is -2.46. The van der Waals surface area contributed by atoms with Crippen LogP contribution < -0.4 is 4.90 Å². The summed E-state index contributed by atoms with van der Waals surface area (Å²) in [6.45, 7) is 2.42. The lowest BCUT2D eigenvalue weighted by molar-refractivity contribution is -0.137. The van der Waals surface area contributed by atoms with Gasteiger partial charge in [-0.25, -0.2) is 0 Å². The van der Waals surface area contributed by atoms with Crippen LogP contribution in [-0.4, -0.2) is 51.9 Å². The highest BCUT2D eigenvalue weighted by Crippen LogP contribution is 2.30. The van der Waals surface area contributed by atoms with Gasteiger partial charge in [-0.1, -0.05) is 18.2 Å². The van der Waals surface area contributed by atoms with E-state index in [0.29, 0.717) is 44.0 Å². The highest BCUT2D eigenvalue weighted by molar-refractivity contribution is 5.71. The Bertz CT molecular complexity index is 1180. The number of hydrogen-bond donors (Lipinski definition) is 0. The molecule has 0 N–H and O–H groups in total. The van der Waals surface area contributed by atoms with Gasteiger partial charge in [-0.05, 0) is 17.7 Å². The zero-order valence-electron chi connectivity index (χ0n) is 17.2. The number of pyridine rings is 1. The molecular weight excluding hydrogens is 450 g/mol. The molecule has 0 spiro atoms. The van der Waals surface area contributed by atoms with Crippen molar-refractivity contribution in [2.75, 3.05) is 31.1 Å². The Kier molecular flexibility index (Phi) is 5.92. The largest absolute Gasteiger partial charge is 0.416 e. The molecule has 2 aromatic heterocycles. The molecule has 1 saturated heterocycles. The SMILES string of the molecule is N#Cc1c(N2CCN(Cc3cccc(C(F)(F)F)c3)CC2)ccn2c(CC(F)(F)F)nnc12. The van der Waals surface area contributed by atoms with Crippen LogP contribution in [0.3, 0.4) is 0 Å². The molecule has 0 radical (unpaired) electrons. The van der Waals surface area contributed by atoms with Crippen LogP contribution in [0.5, 0.6) is 0 Å². The molecule has 0 saturated carbocycles. The van der Waals surface area contributed by atoms with Gasteiger partial charge in [0, 0.05) is 38.9 Å². The maximum absolute atomic E-state index is 12.9. The van der Waals surface area contributed by atoms with E-state index in [4.69, 9.17) is 0 Å². The Morgan fingerprint density at radius 3 is 2.33 bits per heavy atom. The molecule has 1 aromatic carbocycles. The monoisotopic (exact) mass is 468 g/mol. The number of aromatic nitrogens is 3. The van der Waals surface area contributed by atoms with E-state index >= 15 is 0 Å². The summed E-state index contributed by atoms with van der Waals surface area (Å²) in [4.78, 5) is 3.92. The fourth-order valence-corrected chi connectivity index (χ4v) is 3.92. The number of halogens is 6. The van der Waals surface area contributed by atoms with Gasteiger partial charge in [-0.3, -0.25) is 9.30 Å². The van der Waals surface area contributed by atoms with E-state index in [1.165, 1.54) is 16.7 Å². The minimum absolute atomic E-state index is 0.0562. The number of rotatable bonds is 4. The molecule has 1 aliphatic heterocycles. The number of piperazine rings is 1. The maximum atomic E-state index is 12.9. The highest BCUT2D eigenvalue weighted by atomic mass is 19.4. The first-order chi connectivity index (χ1) is 15.5. The molecule has 3 aromatic rings. The third-order valence-electron chi connectivity index (χ3n) is 5.47. The first-order valence-electron chi connectivity index (χ1n) is 10.0.